The van der Waals surface area contributed by atoms with Crippen molar-refractivity contribution in [1.82, 2.24) is 4.90 Å². The Balaban J connectivity index is 1.98. The molecule has 20 heavy (non-hydrogen) atoms. The van der Waals surface area contributed by atoms with E-state index in [9.17, 15) is 8.78 Å². The Morgan fingerprint density at radius 1 is 0.700 bits per heavy atom. The molecule has 0 amide bonds. The fourth-order valence-electron chi connectivity index (χ4n) is 2.90. The van der Waals surface area contributed by atoms with Crippen molar-refractivity contribution < 1.29 is 8.78 Å². The van der Waals surface area contributed by atoms with Crippen molar-refractivity contribution in [3.8, 4) is 0 Å². The van der Waals surface area contributed by atoms with E-state index in [0.29, 0.717) is 0 Å². The smallest absolute Gasteiger partial charge is 0.123 e. The van der Waals surface area contributed by atoms with Gasteiger partial charge in [0.2, 0.25) is 0 Å². The van der Waals surface area contributed by atoms with Gasteiger partial charge in [-0.25, -0.2) is 8.78 Å². The van der Waals surface area contributed by atoms with Crippen molar-refractivity contribution in [2.24, 2.45) is 0 Å². The molecule has 1 fully saturated rings. The monoisotopic (exact) mass is 273 g/mol. The molecule has 1 nitrogen and oxygen atoms in total. The molecule has 0 spiro atoms. The van der Waals surface area contributed by atoms with Gasteiger partial charge in [-0.05, 0) is 61.3 Å². The first-order valence-electron chi connectivity index (χ1n) is 6.99. The highest BCUT2D eigenvalue weighted by Gasteiger charge is 2.24. The third-order valence-corrected chi connectivity index (χ3v) is 3.88. The number of rotatable bonds is 3. The van der Waals surface area contributed by atoms with Crippen LogP contribution in [0.1, 0.15) is 30.0 Å². The summed E-state index contributed by atoms with van der Waals surface area (Å²) in [7, 11) is 0. The van der Waals surface area contributed by atoms with E-state index in [1.165, 1.54) is 37.1 Å². The number of hydrogen-bond acceptors (Lipinski definition) is 1. The van der Waals surface area contributed by atoms with Gasteiger partial charge in [0, 0.05) is 0 Å². The molecule has 0 unspecified atom stereocenters. The molecule has 2 aromatic carbocycles. The van der Waals surface area contributed by atoms with Crippen LogP contribution in [0.25, 0.3) is 0 Å². The molecule has 0 N–H and O–H groups in total. The summed E-state index contributed by atoms with van der Waals surface area (Å²) in [6.07, 6.45) is 2.36. The average molecular weight is 273 g/mol. The van der Waals surface area contributed by atoms with E-state index in [2.05, 4.69) is 4.90 Å². The van der Waals surface area contributed by atoms with Crippen molar-refractivity contribution in [1.29, 1.82) is 0 Å². The van der Waals surface area contributed by atoms with Gasteiger partial charge < -0.3 is 0 Å². The zero-order valence-electron chi connectivity index (χ0n) is 11.2. The van der Waals surface area contributed by atoms with Crippen molar-refractivity contribution in [3.63, 3.8) is 0 Å². The molecule has 1 aliphatic heterocycles. The maximum absolute atomic E-state index is 13.1. The van der Waals surface area contributed by atoms with E-state index in [1.807, 2.05) is 24.3 Å². The van der Waals surface area contributed by atoms with Crippen molar-refractivity contribution in [3.05, 3.63) is 71.3 Å². The van der Waals surface area contributed by atoms with E-state index in [-0.39, 0.29) is 17.7 Å². The largest absolute Gasteiger partial charge is 0.292 e. The summed E-state index contributed by atoms with van der Waals surface area (Å²) in [6, 6.07) is 13.3. The lowest BCUT2D eigenvalue weighted by Gasteiger charge is -2.28. The Labute approximate surface area is 117 Å². The fourth-order valence-corrected chi connectivity index (χ4v) is 2.90. The van der Waals surface area contributed by atoms with Gasteiger partial charge in [0.1, 0.15) is 11.6 Å². The molecule has 0 saturated carbocycles. The molecule has 1 aliphatic rings. The van der Waals surface area contributed by atoms with Crippen molar-refractivity contribution in [2.75, 3.05) is 13.1 Å². The van der Waals surface area contributed by atoms with Gasteiger partial charge in [-0.3, -0.25) is 4.90 Å². The third-order valence-electron chi connectivity index (χ3n) is 3.88. The van der Waals surface area contributed by atoms with Crippen LogP contribution < -0.4 is 0 Å². The lowest BCUT2D eigenvalue weighted by molar-refractivity contribution is 0.281. The Morgan fingerprint density at radius 3 is 1.50 bits per heavy atom. The predicted octanol–water partition coefficient (Wildman–Crippen LogP) is 4.15. The quantitative estimate of drug-likeness (QED) is 0.812. The molecule has 2 aromatic rings. The molecule has 104 valence electrons. The van der Waals surface area contributed by atoms with E-state index in [4.69, 9.17) is 0 Å². The van der Waals surface area contributed by atoms with Crippen LogP contribution in [0.4, 0.5) is 8.78 Å². The van der Waals surface area contributed by atoms with Gasteiger partial charge in [-0.1, -0.05) is 24.3 Å². The zero-order valence-corrected chi connectivity index (χ0v) is 11.2. The third kappa shape index (κ3) is 2.73. The second-order valence-corrected chi connectivity index (χ2v) is 5.25. The van der Waals surface area contributed by atoms with Crippen LogP contribution in [0, 0.1) is 11.6 Å². The van der Waals surface area contributed by atoms with Crippen LogP contribution in [0.15, 0.2) is 48.5 Å². The highest BCUT2D eigenvalue weighted by Crippen LogP contribution is 2.31. The summed E-state index contributed by atoms with van der Waals surface area (Å²) in [6.45, 7) is 2.05. The number of nitrogens with zero attached hydrogens (tertiary/aromatic N) is 1. The molecular weight excluding hydrogens is 256 g/mol. The molecule has 0 aliphatic carbocycles. The molecule has 0 aromatic heterocycles. The van der Waals surface area contributed by atoms with Gasteiger partial charge >= 0.3 is 0 Å². The minimum atomic E-state index is -0.229. The first kappa shape index (κ1) is 13.3. The summed E-state index contributed by atoms with van der Waals surface area (Å²) >= 11 is 0. The van der Waals surface area contributed by atoms with Crippen LogP contribution in [-0.2, 0) is 0 Å². The minimum Gasteiger partial charge on any atom is -0.292 e. The van der Waals surface area contributed by atoms with Crippen LogP contribution in [0.5, 0.6) is 0 Å². The van der Waals surface area contributed by atoms with E-state index >= 15 is 0 Å². The van der Waals surface area contributed by atoms with Gasteiger partial charge in [0.05, 0.1) is 6.04 Å². The molecule has 3 rings (SSSR count). The number of halogens is 2. The second-order valence-electron chi connectivity index (χ2n) is 5.25. The maximum Gasteiger partial charge on any atom is 0.123 e. The number of hydrogen-bond donors (Lipinski definition) is 0. The summed E-state index contributed by atoms with van der Waals surface area (Å²) in [4.78, 5) is 2.38. The first-order chi connectivity index (χ1) is 9.74. The Kier molecular flexibility index (Phi) is 3.79. The lowest BCUT2D eigenvalue weighted by Crippen LogP contribution is -2.26. The molecule has 0 bridgehead atoms. The highest BCUT2D eigenvalue weighted by molar-refractivity contribution is 5.32. The Morgan fingerprint density at radius 2 is 1.10 bits per heavy atom. The molecule has 1 saturated heterocycles. The van der Waals surface area contributed by atoms with Gasteiger partial charge in [-0.15, -0.1) is 0 Å². The normalized spacial score (nSPS) is 15.9. The average Bonchev–Trinajstić information content (AvgIpc) is 2.97. The van der Waals surface area contributed by atoms with Gasteiger partial charge in [0.15, 0.2) is 0 Å². The van der Waals surface area contributed by atoms with Gasteiger partial charge in [0.25, 0.3) is 0 Å². The Bertz CT molecular complexity index is 511. The minimum absolute atomic E-state index is 0.0821. The van der Waals surface area contributed by atoms with Crippen LogP contribution >= 0.6 is 0 Å². The maximum atomic E-state index is 13.1. The van der Waals surface area contributed by atoms with Crippen molar-refractivity contribution >= 4 is 0 Å². The zero-order chi connectivity index (χ0) is 13.9. The van der Waals surface area contributed by atoms with E-state index in [1.54, 1.807) is 0 Å². The number of benzene rings is 2. The predicted molar refractivity (Wildman–Crippen MR) is 75.5 cm³/mol. The fraction of sp³-hybridized carbons (Fsp3) is 0.294. The van der Waals surface area contributed by atoms with Crippen molar-refractivity contribution in [2.45, 2.75) is 18.9 Å². The molecule has 1 heterocycles. The highest BCUT2D eigenvalue weighted by atomic mass is 19.1. The summed E-state index contributed by atoms with van der Waals surface area (Å²) in [5, 5.41) is 0. The molecular formula is C17H17F2N. The summed E-state index contributed by atoms with van der Waals surface area (Å²) in [5.74, 6) is -0.457. The lowest BCUT2D eigenvalue weighted by atomic mass is 9.97. The van der Waals surface area contributed by atoms with Crippen LogP contribution in [-0.4, -0.2) is 18.0 Å². The molecule has 3 heteroatoms. The van der Waals surface area contributed by atoms with Crippen LogP contribution in [0.2, 0.25) is 0 Å². The molecule has 0 atom stereocenters. The first-order valence-corrected chi connectivity index (χ1v) is 6.99. The molecule has 0 radical (unpaired) electrons. The SMILES string of the molecule is Fc1ccc(C(c2ccc(F)cc2)N2CCCC2)cc1. The van der Waals surface area contributed by atoms with Gasteiger partial charge in [-0.2, -0.15) is 0 Å². The van der Waals surface area contributed by atoms with E-state index < -0.39 is 0 Å². The summed E-state index contributed by atoms with van der Waals surface area (Å²) in [5.41, 5.74) is 2.11. The Hall–Kier alpha value is -1.74. The standard InChI is InChI=1S/C17H17F2N/c18-15-7-3-13(4-8-15)17(20-11-1-2-12-20)14-5-9-16(19)10-6-14/h3-10,17H,1-2,11-12H2. The van der Waals surface area contributed by atoms with Crippen LogP contribution in [0.3, 0.4) is 0 Å². The summed E-state index contributed by atoms with van der Waals surface area (Å²) < 4.78 is 26.2. The number of likely N-dealkylation sites (tertiary alicyclic amines) is 1. The van der Waals surface area contributed by atoms with E-state index in [0.717, 1.165) is 24.2 Å². The topological polar surface area (TPSA) is 3.24 Å². The second kappa shape index (κ2) is 5.71.